The number of rotatable bonds is 8. The van der Waals surface area contributed by atoms with Gasteiger partial charge in [-0.15, -0.1) is 0 Å². The van der Waals surface area contributed by atoms with E-state index in [2.05, 4.69) is 10.2 Å². The van der Waals surface area contributed by atoms with Gasteiger partial charge in [0.05, 0.1) is 50.5 Å². The van der Waals surface area contributed by atoms with Gasteiger partial charge in [0.25, 0.3) is 5.91 Å². The molecule has 0 saturated carbocycles. The van der Waals surface area contributed by atoms with Gasteiger partial charge in [-0.1, -0.05) is 35.9 Å². The summed E-state index contributed by atoms with van der Waals surface area (Å²) in [6.45, 7) is 4.96. The van der Waals surface area contributed by atoms with Crippen LogP contribution in [-0.2, 0) is 4.79 Å². The molecule has 0 aromatic heterocycles. The SMILES string of the molecule is COc1ccccc1OCCNC(=O)C[NH+]1CCN(c2ccccc2Cl)CC1. The van der Waals surface area contributed by atoms with E-state index < -0.39 is 0 Å². The summed E-state index contributed by atoms with van der Waals surface area (Å²) in [6, 6.07) is 15.4. The molecule has 1 saturated heterocycles. The number of halogens is 1. The smallest absolute Gasteiger partial charge is 0.275 e. The fraction of sp³-hybridized carbons (Fsp3) is 0.381. The Kier molecular flexibility index (Phi) is 7.39. The third-order valence-corrected chi connectivity index (χ3v) is 5.14. The van der Waals surface area contributed by atoms with Crippen LogP contribution in [0.4, 0.5) is 5.69 Å². The van der Waals surface area contributed by atoms with E-state index in [0.29, 0.717) is 31.2 Å². The van der Waals surface area contributed by atoms with Crippen LogP contribution in [0.3, 0.4) is 0 Å². The fourth-order valence-electron chi connectivity index (χ4n) is 3.33. The number of quaternary nitrogens is 1. The summed E-state index contributed by atoms with van der Waals surface area (Å²) in [7, 11) is 1.61. The monoisotopic (exact) mass is 404 g/mol. The van der Waals surface area contributed by atoms with Gasteiger partial charge in [0.2, 0.25) is 0 Å². The topological polar surface area (TPSA) is 55.2 Å². The number of piperazine rings is 1. The molecule has 0 aliphatic carbocycles. The van der Waals surface area contributed by atoms with E-state index in [0.717, 1.165) is 36.9 Å². The summed E-state index contributed by atoms with van der Waals surface area (Å²) >= 11 is 6.28. The van der Waals surface area contributed by atoms with Crippen LogP contribution < -0.4 is 24.6 Å². The van der Waals surface area contributed by atoms with Crippen LogP contribution >= 0.6 is 11.6 Å². The quantitative estimate of drug-likeness (QED) is 0.650. The van der Waals surface area contributed by atoms with Gasteiger partial charge in [-0.3, -0.25) is 4.79 Å². The van der Waals surface area contributed by atoms with E-state index in [1.165, 1.54) is 4.90 Å². The number of carbonyl (C=O) groups is 1. The summed E-state index contributed by atoms with van der Waals surface area (Å²) in [5, 5.41) is 3.71. The molecule has 1 heterocycles. The lowest BCUT2D eigenvalue weighted by atomic mass is 10.2. The van der Waals surface area contributed by atoms with E-state index in [4.69, 9.17) is 21.1 Å². The molecule has 0 bridgehead atoms. The lowest BCUT2D eigenvalue weighted by molar-refractivity contribution is -0.892. The van der Waals surface area contributed by atoms with E-state index >= 15 is 0 Å². The Morgan fingerprint density at radius 2 is 1.79 bits per heavy atom. The Labute approximate surface area is 171 Å². The highest BCUT2D eigenvalue weighted by atomic mass is 35.5. The number of nitrogens with one attached hydrogen (secondary N) is 2. The number of anilines is 1. The van der Waals surface area contributed by atoms with E-state index in [1.54, 1.807) is 7.11 Å². The molecule has 2 aromatic carbocycles. The molecule has 0 unspecified atom stereocenters. The number of ether oxygens (including phenoxy) is 2. The molecule has 1 fully saturated rings. The predicted molar refractivity (Wildman–Crippen MR) is 111 cm³/mol. The van der Waals surface area contributed by atoms with Crippen molar-refractivity contribution < 1.29 is 19.2 Å². The van der Waals surface area contributed by atoms with Crippen molar-refractivity contribution in [1.82, 2.24) is 5.32 Å². The van der Waals surface area contributed by atoms with Gasteiger partial charge in [-0.05, 0) is 24.3 Å². The van der Waals surface area contributed by atoms with Crippen molar-refractivity contribution >= 4 is 23.2 Å². The lowest BCUT2D eigenvalue weighted by Crippen LogP contribution is -3.16. The first-order valence-electron chi connectivity index (χ1n) is 9.53. The van der Waals surface area contributed by atoms with Gasteiger partial charge >= 0.3 is 0 Å². The number of methoxy groups -OCH3 is 1. The van der Waals surface area contributed by atoms with E-state index in [-0.39, 0.29) is 5.91 Å². The van der Waals surface area contributed by atoms with Crippen molar-refractivity contribution in [3.05, 3.63) is 53.6 Å². The molecule has 2 aromatic rings. The van der Waals surface area contributed by atoms with Crippen molar-refractivity contribution in [3.8, 4) is 11.5 Å². The summed E-state index contributed by atoms with van der Waals surface area (Å²) in [5.41, 5.74) is 1.07. The third-order valence-electron chi connectivity index (χ3n) is 4.83. The van der Waals surface area contributed by atoms with Gasteiger partial charge < -0.3 is 24.6 Å². The second kappa shape index (κ2) is 10.2. The van der Waals surface area contributed by atoms with Crippen molar-refractivity contribution in [2.24, 2.45) is 0 Å². The number of carbonyl (C=O) groups excluding carboxylic acids is 1. The minimum Gasteiger partial charge on any atom is -0.493 e. The van der Waals surface area contributed by atoms with Crippen LogP contribution in [0, 0.1) is 0 Å². The molecule has 1 aliphatic heterocycles. The van der Waals surface area contributed by atoms with Crippen LogP contribution in [0.1, 0.15) is 0 Å². The van der Waals surface area contributed by atoms with Crippen molar-refractivity contribution in [2.45, 2.75) is 0 Å². The van der Waals surface area contributed by atoms with Crippen molar-refractivity contribution in [2.75, 3.05) is 57.9 Å². The molecule has 0 spiro atoms. The van der Waals surface area contributed by atoms with E-state index in [9.17, 15) is 4.79 Å². The zero-order chi connectivity index (χ0) is 19.8. The Bertz CT molecular complexity index is 779. The molecule has 150 valence electrons. The van der Waals surface area contributed by atoms with Gasteiger partial charge in [0.15, 0.2) is 18.0 Å². The molecule has 1 aliphatic rings. The number of benzene rings is 2. The van der Waals surface area contributed by atoms with Gasteiger partial charge in [0.1, 0.15) is 6.61 Å². The number of hydrogen-bond acceptors (Lipinski definition) is 4. The Morgan fingerprint density at radius 1 is 1.11 bits per heavy atom. The minimum absolute atomic E-state index is 0.0461. The van der Waals surface area contributed by atoms with E-state index in [1.807, 2.05) is 48.5 Å². The molecule has 3 rings (SSSR count). The number of nitrogens with zero attached hydrogens (tertiary/aromatic N) is 1. The number of amides is 1. The zero-order valence-electron chi connectivity index (χ0n) is 16.1. The maximum Gasteiger partial charge on any atom is 0.275 e. The van der Waals surface area contributed by atoms with Gasteiger partial charge in [0, 0.05) is 0 Å². The molecule has 0 radical (unpaired) electrons. The average molecular weight is 405 g/mol. The fourth-order valence-corrected chi connectivity index (χ4v) is 3.58. The third kappa shape index (κ3) is 5.53. The lowest BCUT2D eigenvalue weighted by Gasteiger charge is -2.33. The zero-order valence-corrected chi connectivity index (χ0v) is 16.9. The Balaban J connectivity index is 1.35. The maximum absolute atomic E-state index is 12.2. The van der Waals surface area contributed by atoms with Crippen molar-refractivity contribution in [3.63, 3.8) is 0 Å². The molecule has 6 nitrogen and oxygen atoms in total. The van der Waals surface area contributed by atoms with Crippen LogP contribution in [-0.4, -0.2) is 58.9 Å². The summed E-state index contributed by atoms with van der Waals surface area (Å²) in [6.07, 6.45) is 0. The highest BCUT2D eigenvalue weighted by Crippen LogP contribution is 2.25. The standard InChI is InChI=1S/C21H26ClN3O3/c1-27-19-8-4-5-9-20(19)28-15-10-23-21(26)16-24-11-13-25(14-12-24)18-7-3-2-6-17(18)22/h2-9H,10-16H2,1H3,(H,23,26)/p+1. The Morgan fingerprint density at radius 3 is 2.50 bits per heavy atom. The second-order valence-corrected chi connectivity index (χ2v) is 7.12. The van der Waals surface area contributed by atoms with Crippen molar-refractivity contribution in [1.29, 1.82) is 0 Å². The summed E-state index contributed by atoms with van der Waals surface area (Å²) in [4.78, 5) is 15.8. The first-order valence-corrected chi connectivity index (χ1v) is 9.90. The molecule has 1 amide bonds. The molecule has 28 heavy (non-hydrogen) atoms. The first kappa shape index (κ1) is 20.3. The highest BCUT2D eigenvalue weighted by molar-refractivity contribution is 6.33. The molecule has 0 atom stereocenters. The minimum atomic E-state index is 0.0461. The summed E-state index contributed by atoms with van der Waals surface area (Å²) < 4.78 is 10.9. The van der Waals surface area contributed by atoms with Crippen LogP contribution in [0.2, 0.25) is 5.02 Å². The predicted octanol–water partition coefficient (Wildman–Crippen LogP) is 1.25. The molecule has 7 heteroatoms. The van der Waals surface area contributed by atoms with Crippen LogP contribution in [0.25, 0.3) is 0 Å². The normalized spacial score (nSPS) is 14.6. The number of para-hydroxylation sites is 3. The molecule has 2 N–H and O–H groups in total. The average Bonchev–Trinajstić information content (AvgIpc) is 2.72. The molecular weight excluding hydrogens is 378 g/mol. The molecular formula is C21H27ClN3O3+. The van der Waals surface area contributed by atoms with Gasteiger partial charge in [-0.2, -0.15) is 0 Å². The summed E-state index contributed by atoms with van der Waals surface area (Å²) in [5.74, 6) is 1.42. The van der Waals surface area contributed by atoms with Crippen LogP contribution in [0.5, 0.6) is 11.5 Å². The van der Waals surface area contributed by atoms with Crippen LogP contribution in [0.15, 0.2) is 48.5 Å². The first-order chi connectivity index (χ1) is 13.7. The van der Waals surface area contributed by atoms with Gasteiger partial charge in [-0.25, -0.2) is 0 Å². The number of hydrogen-bond donors (Lipinski definition) is 2. The second-order valence-electron chi connectivity index (χ2n) is 6.71. The Hall–Kier alpha value is -2.44. The maximum atomic E-state index is 12.2. The highest BCUT2D eigenvalue weighted by Gasteiger charge is 2.23. The largest absolute Gasteiger partial charge is 0.493 e.